The molecule has 0 aliphatic rings. The average molecular weight is 347 g/mol. The Labute approximate surface area is 146 Å². The standard InChI is InChI=1S/C18H19ClN2O3/c1-11-5-4-6-12(2)17(11)21-16(22)10-20-15-9-13(18(23)24-3)7-8-14(15)19/h4-9,20H,10H2,1-3H3,(H,21,22). The number of para-hydroxylation sites is 1. The van der Waals surface area contributed by atoms with Gasteiger partial charge in [0.05, 0.1) is 29.9 Å². The molecule has 6 heteroatoms. The van der Waals surface area contributed by atoms with E-state index in [2.05, 4.69) is 15.4 Å². The lowest BCUT2D eigenvalue weighted by Crippen LogP contribution is -2.23. The van der Waals surface area contributed by atoms with E-state index in [1.54, 1.807) is 18.2 Å². The van der Waals surface area contributed by atoms with Crippen molar-refractivity contribution >= 4 is 34.9 Å². The van der Waals surface area contributed by atoms with E-state index in [0.29, 0.717) is 16.3 Å². The molecule has 126 valence electrons. The summed E-state index contributed by atoms with van der Waals surface area (Å²) in [5.41, 5.74) is 3.65. The summed E-state index contributed by atoms with van der Waals surface area (Å²) in [6.45, 7) is 3.90. The first-order valence-corrected chi connectivity index (χ1v) is 7.78. The third-order valence-electron chi connectivity index (χ3n) is 3.57. The molecule has 0 aliphatic heterocycles. The van der Waals surface area contributed by atoms with E-state index in [0.717, 1.165) is 16.8 Å². The van der Waals surface area contributed by atoms with Crippen LogP contribution in [0.1, 0.15) is 21.5 Å². The van der Waals surface area contributed by atoms with Gasteiger partial charge < -0.3 is 15.4 Å². The SMILES string of the molecule is COC(=O)c1ccc(Cl)c(NCC(=O)Nc2c(C)cccc2C)c1. The Morgan fingerprint density at radius 2 is 1.79 bits per heavy atom. The molecule has 24 heavy (non-hydrogen) atoms. The molecule has 2 aromatic rings. The number of amides is 1. The Morgan fingerprint density at radius 1 is 1.12 bits per heavy atom. The zero-order valence-corrected chi connectivity index (χ0v) is 14.5. The number of rotatable bonds is 5. The Balaban J connectivity index is 2.05. The highest BCUT2D eigenvalue weighted by atomic mass is 35.5. The summed E-state index contributed by atoms with van der Waals surface area (Å²) in [5.74, 6) is -0.665. The molecule has 0 saturated heterocycles. The summed E-state index contributed by atoms with van der Waals surface area (Å²) in [6.07, 6.45) is 0. The van der Waals surface area contributed by atoms with Crippen molar-refractivity contribution < 1.29 is 14.3 Å². The maximum absolute atomic E-state index is 12.2. The molecule has 0 aromatic heterocycles. The van der Waals surface area contributed by atoms with Crippen LogP contribution in [0.25, 0.3) is 0 Å². The van der Waals surface area contributed by atoms with E-state index in [1.807, 2.05) is 32.0 Å². The van der Waals surface area contributed by atoms with Gasteiger partial charge in [0.2, 0.25) is 5.91 Å². The van der Waals surface area contributed by atoms with Crippen molar-refractivity contribution in [3.05, 3.63) is 58.1 Å². The van der Waals surface area contributed by atoms with Gasteiger partial charge in [0.15, 0.2) is 0 Å². The lowest BCUT2D eigenvalue weighted by molar-refractivity contribution is -0.114. The third kappa shape index (κ3) is 4.26. The number of nitrogens with one attached hydrogen (secondary N) is 2. The second-order valence-corrected chi connectivity index (χ2v) is 5.76. The van der Waals surface area contributed by atoms with Gasteiger partial charge in [0, 0.05) is 5.69 Å². The number of esters is 1. The summed E-state index contributed by atoms with van der Waals surface area (Å²) in [4.78, 5) is 23.7. The van der Waals surface area contributed by atoms with Crippen LogP contribution in [0, 0.1) is 13.8 Å². The average Bonchev–Trinajstić information content (AvgIpc) is 2.57. The molecule has 0 radical (unpaired) electrons. The van der Waals surface area contributed by atoms with E-state index in [9.17, 15) is 9.59 Å². The van der Waals surface area contributed by atoms with Gasteiger partial charge >= 0.3 is 5.97 Å². The van der Waals surface area contributed by atoms with Crippen LogP contribution in [0.5, 0.6) is 0 Å². The van der Waals surface area contributed by atoms with E-state index in [4.69, 9.17) is 11.6 Å². The minimum atomic E-state index is -0.463. The number of aryl methyl sites for hydroxylation is 2. The fraction of sp³-hybridized carbons (Fsp3) is 0.222. The molecule has 2 aromatic carbocycles. The Bertz CT molecular complexity index is 755. The number of hydrogen-bond acceptors (Lipinski definition) is 4. The second kappa shape index (κ2) is 7.84. The number of benzene rings is 2. The van der Waals surface area contributed by atoms with Crippen LogP contribution in [0.2, 0.25) is 5.02 Å². The molecule has 2 N–H and O–H groups in total. The third-order valence-corrected chi connectivity index (χ3v) is 3.90. The Hall–Kier alpha value is -2.53. The van der Waals surface area contributed by atoms with Crippen molar-refractivity contribution in [2.24, 2.45) is 0 Å². The topological polar surface area (TPSA) is 67.4 Å². The van der Waals surface area contributed by atoms with Crippen LogP contribution in [-0.4, -0.2) is 25.5 Å². The van der Waals surface area contributed by atoms with Gasteiger partial charge in [-0.2, -0.15) is 0 Å². The lowest BCUT2D eigenvalue weighted by Gasteiger charge is -2.13. The van der Waals surface area contributed by atoms with Crippen molar-refractivity contribution in [2.45, 2.75) is 13.8 Å². The van der Waals surface area contributed by atoms with E-state index >= 15 is 0 Å². The van der Waals surface area contributed by atoms with Crippen molar-refractivity contribution in [1.29, 1.82) is 0 Å². The fourth-order valence-corrected chi connectivity index (χ4v) is 2.46. The number of ether oxygens (including phenoxy) is 1. The highest BCUT2D eigenvalue weighted by molar-refractivity contribution is 6.33. The largest absolute Gasteiger partial charge is 0.465 e. The van der Waals surface area contributed by atoms with Crippen LogP contribution in [0.3, 0.4) is 0 Å². The molecular formula is C18H19ClN2O3. The van der Waals surface area contributed by atoms with Gasteiger partial charge in [0.25, 0.3) is 0 Å². The summed E-state index contributed by atoms with van der Waals surface area (Å²) in [6, 6.07) is 10.5. The van der Waals surface area contributed by atoms with Gasteiger partial charge in [-0.1, -0.05) is 29.8 Å². The first-order chi connectivity index (χ1) is 11.4. The number of carbonyl (C=O) groups excluding carboxylic acids is 2. The molecule has 0 aliphatic carbocycles. The zero-order valence-electron chi connectivity index (χ0n) is 13.8. The zero-order chi connectivity index (χ0) is 17.7. The first kappa shape index (κ1) is 17.8. The highest BCUT2D eigenvalue weighted by Crippen LogP contribution is 2.24. The van der Waals surface area contributed by atoms with Crippen LogP contribution in [-0.2, 0) is 9.53 Å². The van der Waals surface area contributed by atoms with Crippen molar-refractivity contribution in [1.82, 2.24) is 0 Å². The molecule has 0 bridgehead atoms. The van der Waals surface area contributed by atoms with Gasteiger partial charge in [0.1, 0.15) is 0 Å². The Kier molecular flexibility index (Phi) is 5.82. The fourth-order valence-electron chi connectivity index (χ4n) is 2.28. The van der Waals surface area contributed by atoms with Gasteiger partial charge in [-0.15, -0.1) is 0 Å². The number of carbonyl (C=O) groups is 2. The molecule has 0 fully saturated rings. The summed E-state index contributed by atoms with van der Waals surface area (Å²) < 4.78 is 4.67. The number of halogens is 1. The molecule has 5 nitrogen and oxygen atoms in total. The monoisotopic (exact) mass is 346 g/mol. The maximum Gasteiger partial charge on any atom is 0.337 e. The predicted molar refractivity (Wildman–Crippen MR) is 95.8 cm³/mol. The predicted octanol–water partition coefficient (Wildman–Crippen LogP) is 3.79. The molecule has 0 heterocycles. The molecule has 0 unspecified atom stereocenters. The normalized spacial score (nSPS) is 10.2. The van der Waals surface area contributed by atoms with Crippen LogP contribution >= 0.6 is 11.6 Å². The smallest absolute Gasteiger partial charge is 0.337 e. The van der Waals surface area contributed by atoms with Gasteiger partial charge in [-0.3, -0.25) is 4.79 Å². The van der Waals surface area contributed by atoms with Gasteiger partial charge in [-0.25, -0.2) is 4.79 Å². The molecule has 1 amide bonds. The molecule has 2 rings (SSSR count). The van der Waals surface area contributed by atoms with Crippen LogP contribution < -0.4 is 10.6 Å². The van der Waals surface area contributed by atoms with E-state index in [-0.39, 0.29) is 12.5 Å². The number of anilines is 2. The minimum Gasteiger partial charge on any atom is -0.465 e. The van der Waals surface area contributed by atoms with Gasteiger partial charge in [-0.05, 0) is 43.2 Å². The highest BCUT2D eigenvalue weighted by Gasteiger charge is 2.11. The molecular weight excluding hydrogens is 328 g/mol. The molecule has 0 spiro atoms. The molecule has 0 saturated carbocycles. The van der Waals surface area contributed by atoms with Crippen molar-refractivity contribution in [3.63, 3.8) is 0 Å². The quantitative estimate of drug-likeness (QED) is 0.808. The van der Waals surface area contributed by atoms with E-state index in [1.165, 1.54) is 7.11 Å². The lowest BCUT2D eigenvalue weighted by atomic mass is 10.1. The second-order valence-electron chi connectivity index (χ2n) is 5.35. The van der Waals surface area contributed by atoms with Crippen LogP contribution in [0.15, 0.2) is 36.4 Å². The maximum atomic E-state index is 12.2. The van der Waals surface area contributed by atoms with Crippen molar-refractivity contribution in [3.8, 4) is 0 Å². The number of methoxy groups -OCH3 is 1. The van der Waals surface area contributed by atoms with Crippen LogP contribution in [0.4, 0.5) is 11.4 Å². The minimum absolute atomic E-state index is 0.0259. The summed E-state index contributed by atoms with van der Waals surface area (Å²) in [5, 5.41) is 6.24. The van der Waals surface area contributed by atoms with E-state index < -0.39 is 5.97 Å². The Morgan fingerprint density at radius 3 is 2.42 bits per heavy atom. The van der Waals surface area contributed by atoms with Crippen molar-refractivity contribution in [2.75, 3.05) is 24.3 Å². The summed E-state index contributed by atoms with van der Waals surface area (Å²) in [7, 11) is 1.31. The number of hydrogen-bond donors (Lipinski definition) is 2. The first-order valence-electron chi connectivity index (χ1n) is 7.40. The molecule has 0 atom stereocenters. The summed E-state index contributed by atoms with van der Waals surface area (Å²) >= 11 is 6.09.